The van der Waals surface area contributed by atoms with E-state index in [0.717, 1.165) is 32.1 Å². The third-order valence-corrected chi connectivity index (χ3v) is 3.26. The van der Waals surface area contributed by atoms with Gasteiger partial charge < -0.3 is 10.2 Å². The number of aromatic nitrogens is 4. The Morgan fingerprint density at radius 3 is 3.06 bits per heavy atom. The lowest BCUT2D eigenvalue weighted by molar-refractivity contribution is 0.387. The summed E-state index contributed by atoms with van der Waals surface area (Å²) in [5.41, 5.74) is 0. The lowest BCUT2D eigenvalue weighted by Gasteiger charge is -2.32. The summed E-state index contributed by atoms with van der Waals surface area (Å²) in [7, 11) is 1.90. The predicted molar refractivity (Wildman–Crippen MR) is 66.9 cm³/mol. The van der Waals surface area contributed by atoms with E-state index in [2.05, 4.69) is 32.7 Å². The van der Waals surface area contributed by atoms with Crippen molar-refractivity contribution in [1.29, 1.82) is 0 Å². The van der Waals surface area contributed by atoms with Crippen LogP contribution >= 0.6 is 0 Å². The van der Waals surface area contributed by atoms with Crippen molar-refractivity contribution in [2.24, 2.45) is 13.0 Å². The fourth-order valence-corrected chi connectivity index (χ4v) is 2.39. The Morgan fingerprint density at radius 2 is 2.35 bits per heavy atom. The molecule has 0 aromatic carbocycles. The number of aryl methyl sites for hydroxylation is 1. The van der Waals surface area contributed by atoms with E-state index in [1.54, 1.807) is 4.68 Å². The van der Waals surface area contributed by atoms with Gasteiger partial charge in [-0.2, -0.15) is 0 Å². The zero-order valence-corrected chi connectivity index (χ0v) is 10.8. The smallest absolute Gasteiger partial charge is 0.245 e. The van der Waals surface area contributed by atoms with E-state index in [1.807, 2.05) is 7.05 Å². The first kappa shape index (κ1) is 12.3. The fraction of sp³-hybridized carbons (Fsp3) is 0.909. The van der Waals surface area contributed by atoms with E-state index < -0.39 is 0 Å². The standard InChI is InChI=1S/C11H22N6/c1-3-6-12-8-10-5-4-7-17(9-10)11-13-14-15-16(11)2/h10,12H,3-9H2,1-2H3. The molecule has 1 aromatic rings. The molecule has 1 fully saturated rings. The minimum atomic E-state index is 0.715. The molecule has 1 atom stereocenters. The molecule has 1 N–H and O–H groups in total. The lowest BCUT2D eigenvalue weighted by atomic mass is 9.98. The molecule has 6 nitrogen and oxygen atoms in total. The van der Waals surface area contributed by atoms with Crippen LogP contribution in [0.2, 0.25) is 0 Å². The number of nitrogens with zero attached hydrogens (tertiary/aromatic N) is 5. The maximum atomic E-state index is 4.08. The summed E-state index contributed by atoms with van der Waals surface area (Å²) in [6.45, 7) is 6.55. The molecule has 2 heterocycles. The van der Waals surface area contributed by atoms with E-state index in [4.69, 9.17) is 0 Å². The second-order valence-electron chi connectivity index (χ2n) is 4.76. The number of hydrogen-bond donors (Lipinski definition) is 1. The van der Waals surface area contributed by atoms with Gasteiger partial charge >= 0.3 is 0 Å². The van der Waals surface area contributed by atoms with Gasteiger partial charge in [0.05, 0.1) is 0 Å². The maximum Gasteiger partial charge on any atom is 0.245 e. The molecule has 0 spiro atoms. The fourth-order valence-electron chi connectivity index (χ4n) is 2.39. The quantitative estimate of drug-likeness (QED) is 0.754. The average Bonchev–Trinajstić information content (AvgIpc) is 2.76. The van der Waals surface area contributed by atoms with Gasteiger partial charge in [0.2, 0.25) is 5.95 Å². The SMILES string of the molecule is CCCNCC1CCCN(c2nnnn2C)C1. The molecule has 0 aliphatic carbocycles. The summed E-state index contributed by atoms with van der Waals surface area (Å²) in [5.74, 6) is 1.61. The number of hydrogen-bond acceptors (Lipinski definition) is 5. The number of rotatable bonds is 5. The second kappa shape index (κ2) is 5.95. The minimum absolute atomic E-state index is 0.715. The van der Waals surface area contributed by atoms with Crippen molar-refractivity contribution in [3.8, 4) is 0 Å². The van der Waals surface area contributed by atoms with Crippen LogP contribution in [-0.2, 0) is 7.05 Å². The minimum Gasteiger partial charge on any atom is -0.339 e. The Balaban J connectivity index is 1.87. The zero-order chi connectivity index (χ0) is 12.1. The topological polar surface area (TPSA) is 58.9 Å². The lowest BCUT2D eigenvalue weighted by Crippen LogP contribution is -2.41. The van der Waals surface area contributed by atoms with Crippen molar-refractivity contribution in [1.82, 2.24) is 25.5 Å². The van der Waals surface area contributed by atoms with Gasteiger partial charge in [0.25, 0.3) is 0 Å². The van der Waals surface area contributed by atoms with E-state index in [0.29, 0.717) is 5.92 Å². The van der Waals surface area contributed by atoms with Crippen LogP contribution < -0.4 is 10.2 Å². The summed E-state index contributed by atoms with van der Waals surface area (Å²) >= 11 is 0. The molecule has 0 amide bonds. The van der Waals surface area contributed by atoms with E-state index in [1.165, 1.54) is 19.3 Å². The van der Waals surface area contributed by atoms with Crippen LogP contribution in [0.3, 0.4) is 0 Å². The first-order chi connectivity index (χ1) is 8.31. The number of nitrogens with one attached hydrogen (secondary N) is 1. The van der Waals surface area contributed by atoms with Gasteiger partial charge in [-0.1, -0.05) is 12.0 Å². The van der Waals surface area contributed by atoms with Crippen LogP contribution in [0.1, 0.15) is 26.2 Å². The van der Waals surface area contributed by atoms with E-state index in [9.17, 15) is 0 Å². The number of anilines is 1. The molecule has 1 unspecified atom stereocenters. The van der Waals surface area contributed by atoms with E-state index in [-0.39, 0.29) is 0 Å². The second-order valence-corrected chi connectivity index (χ2v) is 4.76. The Kier molecular flexibility index (Phi) is 4.30. The maximum absolute atomic E-state index is 4.08. The zero-order valence-electron chi connectivity index (χ0n) is 10.8. The molecule has 0 saturated carbocycles. The molecule has 1 aliphatic rings. The first-order valence-corrected chi connectivity index (χ1v) is 6.49. The van der Waals surface area contributed by atoms with Crippen LogP contribution in [0.4, 0.5) is 5.95 Å². The molecule has 1 aromatic heterocycles. The van der Waals surface area contributed by atoms with Crippen molar-refractivity contribution in [2.75, 3.05) is 31.1 Å². The Bertz CT molecular complexity index is 336. The molecule has 17 heavy (non-hydrogen) atoms. The summed E-state index contributed by atoms with van der Waals surface area (Å²) in [5, 5.41) is 15.2. The van der Waals surface area contributed by atoms with Crippen LogP contribution in [0.5, 0.6) is 0 Å². The first-order valence-electron chi connectivity index (χ1n) is 6.49. The highest BCUT2D eigenvalue weighted by molar-refractivity contribution is 5.28. The monoisotopic (exact) mass is 238 g/mol. The van der Waals surface area contributed by atoms with Crippen LogP contribution in [0.25, 0.3) is 0 Å². The summed E-state index contributed by atoms with van der Waals surface area (Å²) in [6.07, 6.45) is 3.73. The summed E-state index contributed by atoms with van der Waals surface area (Å²) < 4.78 is 1.75. The normalized spacial score (nSPS) is 20.8. The molecule has 0 radical (unpaired) electrons. The Morgan fingerprint density at radius 1 is 1.47 bits per heavy atom. The van der Waals surface area contributed by atoms with Gasteiger partial charge in [-0.15, -0.1) is 0 Å². The molecule has 1 saturated heterocycles. The van der Waals surface area contributed by atoms with E-state index >= 15 is 0 Å². The summed E-state index contributed by atoms with van der Waals surface area (Å²) in [4.78, 5) is 2.29. The predicted octanol–water partition coefficient (Wildman–Crippen LogP) is 0.426. The van der Waals surface area contributed by atoms with Crippen molar-refractivity contribution in [3.05, 3.63) is 0 Å². The van der Waals surface area contributed by atoms with Gasteiger partial charge in [0, 0.05) is 20.1 Å². The molecule has 1 aliphatic heterocycles. The molecule has 96 valence electrons. The highest BCUT2D eigenvalue weighted by Gasteiger charge is 2.22. The van der Waals surface area contributed by atoms with Crippen molar-refractivity contribution in [3.63, 3.8) is 0 Å². The third-order valence-electron chi connectivity index (χ3n) is 3.26. The highest BCUT2D eigenvalue weighted by atomic mass is 15.6. The van der Waals surface area contributed by atoms with Crippen LogP contribution in [0, 0.1) is 5.92 Å². The molecule has 6 heteroatoms. The van der Waals surface area contributed by atoms with Gasteiger partial charge in [-0.3, -0.25) is 0 Å². The van der Waals surface area contributed by atoms with Crippen LogP contribution in [-0.4, -0.2) is 46.4 Å². The average molecular weight is 238 g/mol. The highest BCUT2D eigenvalue weighted by Crippen LogP contribution is 2.19. The number of piperidine rings is 1. The molecular formula is C11H22N6. The van der Waals surface area contributed by atoms with Crippen molar-refractivity contribution < 1.29 is 0 Å². The third kappa shape index (κ3) is 3.15. The van der Waals surface area contributed by atoms with Gasteiger partial charge in [0.1, 0.15) is 0 Å². The van der Waals surface area contributed by atoms with Crippen molar-refractivity contribution in [2.45, 2.75) is 26.2 Å². The molecule has 0 bridgehead atoms. The van der Waals surface area contributed by atoms with Gasteiger partial charge in [0.15, 0.2) is 0 Å². The summed E-state index contributed by atoms with van der Waals surface area (Å²) in [6, 6.07) is 0. The number of tetrazole rings is 1. The van der Waals surface area contributed by atoms with Crippen LogP contribution in [0.15, 0.2) is 0 Å². The van der Waals surface area contributed by atoms with Gasteiger partial charge in [-0.25, -0.2) is 4.68 Å². The largest absolute Gasteiger partial charge is 0.339 e. The van der Waals surface area contributed by atoms with Crippen molar-refractivity contribution >= 4 is 5.95 Å². The molecular weight excluding hydrogens is 216 g/mol. The Hall–Kier alpha value is -1.17. The van der Waals surface area contributed by atoms with Gasteiger partial charge in [-0.05, 0) is 48.7 Å². The molecule has 2 rings (SSSR count). The Labute approximate surface area is 102 Å².